The number of hydroxylamine groups is 1. The average Bonchev–Trinajstić information content (AvgIpc) is 2.95. The lowest BCUT2D eigenvalue weighted by molar-refractivity contribution is -0.184. The number of nitrogens with one attached hydrogen (secondary N) is 1. The molecule has 0 fully saturated rings. The summed E-state index contributed by atoms with van der Waals surface area (Å²) in [5.41, 5.74) is 2.22. The Labute approximate surface area is 120 Å². The number of rotatable bonds is 4. The van der Waals surface area contributed by atoms with E-state index >= 15 is 0 Å². The number of aryl methyl sites for hydroxylation is 1. The number of thiophene rings is 1. The van der Waals surface area contributed by atoms with Crippen LogP contribution in [-0.4, -0.2) is 23.7 Å². The molecule has 0 aliphatic heterocycles. The minimum Gasteiger partial charge on any atom is -0.266 e. The average molecular weight is 322 g/mol. The van der Waals surface area contributed by atoms with Gasteiger partial charge in [-0.1, -0.05) is 6.07 Å². The molecule has 20 heavy (non-hydrogen) atoms. The highest BCUT2D eigenvalue weighted by Gasteiger charge is 2.28. The van der Waals surface area contributed by atoms with Crippen molar-refractivity contribution in [1.29, 1.82) is 0 Å². The fourth-order valence-electron chi connectivity index (χ4n) is 1.34. The zero-order valence-electron chi connectivity index (χ0n) is 10.2. The molecule has 1 amide bonds. The summed E-state index contributed by atoms with van der Waals surface area (Å²) in [5.74, 6) is -0.730. The maximum atomic E-state index is 11.9. The predicted octanol–water partition coefficient (Wildman–Crippen LogP) is 3.40. The molecule has 9 heteroatoms. The highest BCUT2D eigenvalue weighted by molar-refractivity contribution is 7.22. The Balaban J connectivity index is 2.04. The molecule has 0 saturated heterocycles. The third-order valence-corrected chi connectivity index (χ3v) is 4.33. The van der Waals surface area contributed by atoms with Gasteiger partial charge in [0.05, 0.1) is 10.6 Å². The number of halogens is 3. The van der Waals surface area contributed by atoms with Gasteiger partial charge in [0.25, 0.3) is 5.91 Å². The van der Waals surface area contributed by atoms with Crippen molar-refractivity contribution >= 4 is 28.6 Å². The van der Waals surface area contributed by atoms with Gasteiger partial charge in [-0.25, -0.2) is 10.5 Å². The van der Waals surface area contributed by atoms with Crippen LogP contribution in [0.4, 0.5) is 13.2 Å². The molecule has 2 rings (SSSR count). The topological polar surface area (TPSA) is 51.2 Å². The fraction of sp³-hybridized carbons (Fsp3) is 0.273. The van der Waals surface area contributed by atoms with E-state index in [1.165, 1.54) is 11.3 Å². The van der Waals surface area contributed by atoms with Crippen LogP contribution in [0.5, 0.6) is 0 Å². The maximum Gasteiger partial charge on any atom is 0.414 e. The van der Waals surface area contributed by atoms with E-state index in [1.807, 2.05) is 17.5 Å². The van der Waals surface area contributed by atoms with E-state index < -0.39 is 18.7 Å². The van der Waals surface area contributed by atoms with E-state index in [9.17, 15) is 18.0 Å². The van der Waals surface area contributed by atoms with E-state index in [2.05, 4.69) is 9.82 Å². The number of nitrogens with zero attached hydrogens (tertiary/aromatic N) is 1. The summed E-state index contributed by atoms with van der Waals surface area (Å²) in [7, 11) is 0. The molecule has 2 heterocycles. The summed E-state index contributed by atoms with van der Waals surface area (Å²) in [5, 5.41) is 2.52. The lowest BCUT2D eigenvalue weighted by Gasteiger charge is -2.07. The van der Waals surface area contributed by atoms with Crippen LogP contribution in [0.25, 0.3) is 9.88 Å². The molecular weight excluding hydrogens is 313 g/mol. The van der Waals surface area contributed by atoms with Crippen molar-refractivity contribution in [1.82, 2.24) is 10.5 Å². The lowest BCUT2D eigenvalue weighted by atomic mass is 10.4. The quantitative estimate of drug-likeness (QED) is 0.878. The molecule has 0 atom stereocenters. The van der Waals surface area contributed by atoms with Crippen LogP contribution in [0.1, 0.15) is 15.4 Å². The van der Waals surface area contributed by atoms with Crippen molar-refractivity contribution in [2.45, 2.75) is 13.1 Å². The smallest absolute Gasteiger partial charge is 0.266 e. The Morgan fingerprint density at radius 2 is 2.25 bits per heavy atom. The number of carbonyl (C=O) groups excluding carboxylic acids is 1. The van der Waals surface area contributed by atoms with E-state index in [0.717, 1.165) is 16.2 Å². The number of hydrogen-bond donors (Lipinski definition) is 1. The lowest BCUT2D eigenvalue weighted by Crippen LogP contribution is -2.29. The van der Waals surface area contributed by atoms with Gasteiger partial charge >= 0.3 is 6.18 Å². The summed E-state index contributed by atoms with van der Waals surface area (Å²) >= 11 is 2.58. The van der Waals surface area contributed by atoms with E-state index in [1.54, 1.807) is 12.4 Å². The number of aromatic nitrogens is 1. The van der Waals surface area contributed by atoms with Gasteiger partial charge < -0.3 is 0 Å². The van der Waals surface area contributed by atoms with Gasteiger partial charge in [-0.3, -0.25) is 9.63 Å². The SMILES string of the molecule is Cc1nc(-c2cccs2)sc1C(=O)NOCC(F)(F)F. The summed E-state index contributed by atoms with van der Waals surface area (Å²) in [6.07, 6.45) is -4.49. The first-order valence-electron chi connectivity index (χ1n) is 5.37. The summed E-state index contributed by atoms with van der Waals surface area (Å²) < 4.78 is 35.7. The second-order valence-electron chi connectivity index (χ2n) is 3.75. The zero-order valence-corrected chi connectivity index (χ0v) is 11.8. The Morgan fingerprint density at radius 1 is 1.50 bits per heavy atom. The highest BCUT2D eigenvalue weighted by atomic mass is 32.1. The predicted molar refractivity (Wildman–Crippen MR) is 69.6 cm³/mol. The molecule has 0 radical (unpaired) electrons. The van der Waals surface area contributed by atoms with Gasteiger partial charge in [0.1, 0.15) is 9.88 Å². The molecule has 0 bridgehead atoms. The first kappa shape index (κ1) is 14.9. The molecule has 0 aromatic carbocycles. The van der Waals surface area contributed by atoms with Crippen LogP contribution in [-0.2, 0) is 4.84 Å². The number of hydrogen-bond acceptors (Lipinski definition) is 5. The van der Waals surface area contributed by atoms with Crippen molar-refractivity contribution in [3.63, 3.8) is 0 Å². The van der Waals surface area contributed by atoms with Crippen molar-refractivity contribution < 1.29 is 22.8 Å². The van der Waals surface area contributed by atoms with Crippen molar-refractivity contribution in [2.24, 2.45) is 0 Å². The van der Waals surface area contributed by atoms with Crippen molar-refractivity contribution in [3.8, 4) is 9.88 Å². The largest absolute Gasteiger partial charge is 0.414 e. The van der Waals surface area contributed by atoms with Crippen molar-refractivity contribution in [3.05, 3.63) is 28.1 Å². The van der Waals surface area contributed by atoms with E-state index in [0.29, 0.717) is 10.7 Å². The molecule has 0 aliphatic rings. The van der Waals surface area contributed by atoms with Crippen LogP contribution in [0.2, 0.25) is 0 Å². The standard InChI is InChI=1S/C11H9F3N2O2S2/c1-6-8(9(17)16-18-5-11(12,13)14)20-10(15-6)7-3-2-4-19-7/h2-4H,5H2,1H3,(H,16,17). The molecule has 0 aliphatic carbocycles. The monoisotopic (exact) mass is 322 g/mol. The molecule has 4 nitrogen and oxygen atoms in total. The minimum atomic E-state index is -4.49. The number of alkyl halides is 3. The molecule has 0 saturated carbocycles. The first-order valence-corrected chi connectivity index (χ1v) is 7.06. The van der Waals surface area contributed by atoms with Gasteiger partial charge in [0, 0.05) is 0 Å². The van der Waals surface area contributed by atoms with Gasteiger partial charge in [0.2, 0.25) is 0 Å². The molecule has 0 spiro atoms. The Hall–Kier alpha value is -1.45. The van der Waals surface area contributed by atoms with Crippen LogP contribution < -0.4 is 5.48 Å². The molecule has 2 aromatic rings. The van der Waals surface area contributed by atoms with E-state index in [4.69, 9.17) is 0 Å². The molecule has 0 unspecified atom stereocenters. The van der Waals surface area contributed by atoms with Gasteiger partial charge in [-0.2, -0.15) is 13.2 Å². The van der Waals surface area contributed by atoms with Crippen LogP contribution in [0, 0.1) is 6.92 Å². The summed E-state index contributed by atoms with van der Waals surface area (Å²) in [6.45, 7) is 0.0840. The number of amides is 1. The minimum absolute atomic E-state index is 0.232. The summed E-state index contributed by atoms with van der Waals surface area (Å²) in [6, 6.07) is 3.70. The number of carbonyl (C=O) groups is 1. The van der Waals surface area contributed by atoms with E-state index in [-0.39, 0.29) is 4.88 Å². The van der Waals surface area contributed by atoms with Crippen LogP contribution in [0.15, 0.2) is 17.5 Å². The molecule has 108 valence electrons. The summed E-state index contributed by atoms with van der Waals surface area (Å²) in [4.78, 5) is 21.2. The molecule has 1 N–H and O–H groups in total. The van der Waals surface area contributed by atoms with Crippen LogP contribution >= 0.6 is 22.7 Å². The fourth-order valence-corrected chi connectivity index (χ4v) is 3.09. The second-order valence-corrected chi connectivity index (χ2v) is 5.69. The Kier molecular flexibility index (Phi) is 4.41. The Morgan fingerprint density at radius 3 is 2.85 bits per heavy atom. The third-order valence-electron chi connectivity index (χ3n) is 2.14. The van der Waals surface area contributed by atoms with Gasteiger partial charge in [0.15, 0.2) is 6.61 Å². The highest BCUT2D eigenvalue weighted by Crippen LogP contribution is 2.30. The maximum absolute atomic E-state index is 11.9. The normalized spacial score (nSPS) is 11.6. The molecular formula is C11H9F3N2O2S2. The third kappa shape index (κ3) is 3.78. The Bertz CT molecular complexity index is 593. The van der Waals surface area contributed by atoms with Crippen molar-refractivity contribution in [2.75, 3.05) is 6.61 Å². The van der Waals surface area contributed by atoms with Gasteiger partial charge in [-0.05, 0) is 18.4 Å². The van der Waals surface area contributed by atoms with Gasteiger partial charge in [-0.15, -0.1) is 22.7 Å². The van der Waals surface area contributed by atoms with Crippen LogP contribution in [0.3, 0.4) is 0 Å². The zero-order chi connectivity index (χ0) is 14.8. The number of thiazole rings is 1. The molecule has 2 aromatic heterocycles. The second kappa shape index (κ2) is 5.90. The first-order chi connectivity index (χ1) is 9.37.